The Kier molecular flexibility index (Phi) is 5.48. The van der Waals surface area contributed by atoms with E-state index in [-0.39, 0.29) is 17.9 Å². The number of benzene rings is 3. The number of para-hydroxylation sites is 1. The number of piperazine rings is 1. The Balaban J connectivity index is 1.47. The van der Waals surface area contributed by atoms with Gasteiger partial charge in [0.05, 0.1) is 19.1 Å². The Labute approximate surface area is 189 Å². The van der Waals surface area contributed by atoms with Crippen LogP contribution in [-0.4, -0.2) is 38.7 Å². The van der Waals surface area contributed by atoms with Crippen molar-refractivity contribution in [3.05, 3.63) is 83.9 Å². The molecule has 2 aliphatic rings. The highest BCUT2D eigenvalue weighted by Crippen LogP contribution is 2.39. The summed E-state index contributed by atoms with van der Waals surface area (Å²) in [6.07, 6.45) is 0.723. The zero-order valence-electron chi connectivity index (χ0n) is 18.6. The fraction of sp³-hybridized carbons (Fsp3) is 0.296. The second kappa shape index (κ2) is 8.58. The van der Waals surface area contributed by atoms with Gasteiger partial charge in [-0.15, -0.1) is 0 Å². The molecule has 1 saturated heterocycles. The summed E-state index contributed by atoms with van der Waals surface area (Å²) in [7, 11) is 1.70. The quantitative estimate of drug-likeness (QED) is 0.665. The summed E-state index contributed by atoms with van der Waals surface area (Å²) >= 11 is 0. The fourth-order valence-electron chi connectivity index (χ4n) is 4.95. The van der Waals surface area contributed by atoms with E-state index in [1.165, 1.54) is 22.5 Å². The first-order valence-corrected chi connectivity index (χ1v) is 11.2. The fourth-order valence-corrected chi connectivity index (χ4v) is 4.95. The molecule has 2 heterocycles. The predicted octanol–water partition coefficient (Wildman–Crippen LogP) is 4.51. The van der Waals surface area contributed by atoms with Crippen molar-refractivity contribution in [3.8, 4) is 5.75 Å². The lowest BCUT2D eigenvalue weighted by Gasteiger charge is -2.49. The molecule has 0 unspecified atom stereocenters. The van der Waals surface area contributed by atoms with Gasteiger partial charge in [0.25, 0.3) is 0 Å². The number of methoxy groups -OCH3 is 1. The number of nitrogens with one attached hydrogen (secondary N) is 1. The number of aryl methyl sites for hydroxylation is 1. The zero-order chi connectivity index (χ0) is 22.1. The number of anilines is 3. The molecule has 3 aromatic carbocycles. The topological polar surface area (TPSA) is 44.8 Å². The third-order valence-corrected chi connectivity index (χ3v) is 6.70. The average Bonchev–Trinajstić information content (AvgIpc) is 2.84. The van der Waals surface area contributed by atoms with Gasteiger partial charge in [-0.3, -0.25) is 4.79 Å². The molecule has 5 heteroatoms. The number of carbonyl (C=O) groups is 1. The van der Waals surface area contributed by atoms with Crippen molar-refractivity contribution in [2.45, 2.75) is 19.4 Å². The van der Waals surface area contributed by atoms with Gasteiger partial charge in [-0.2, -0.15) is 0 Å². The molecule has 0 saturated carbocycles. The van der Waals surface area contributed by atoms with Gasteiger partial charge < -0.3 is 19.9 Å². The number of rotatable bonds is 4. The molecule has 0 radical (unpaired) electrons. The highest BCUT2D eigenvalue weighted by molar-refractivity contribution is 5.94. The van der Waals surface area contributed by atoms with Crippen LogP contribution in [0.4, 0.5) is 17.1 Å². The number of carbonyl (C=O) groups excluding carboxylic acids is 1. The second-order valence-corrected chi connectivity index (χ2v) is 8.70. The van der Waals surface area contributed by atoms with Crippen molar-refractivity contribution in [1.29, 1.82) is 0 Å². The highest BCUT2D eigenvalue weighted by Gasteiger charge is 2.41. The summed E-state index contributed by atoms with van der Waals surface area (Å²) in [6, 6.07) is 24.7. The van der Waals surface area contributed by atoms with Gasteiger partial charge in [0, 0.05) is 42.8 Å². The lowest BCUT2D eigenvalue weighted by Crippen LogP contribution is -2.60. The molecule has 3 aromatic rings. The van der Waals surface area contributed by atoms with E-state index in [4.69, 9.17) is 4.74 Å². The van der Waals surface area contributed by atoms with Gasteiger partial charge in [0.1, 0.15) is 5.75 Å². The summed E-state index contributed by atoms with van der Waals surface area (Å²) in [6.45, 7) is 4.71. The summed E-state index contributed by atoms with van der Waals surface area (Å²) in [5, 5.41) is 3.15. The van der Waals surface area contributed by atoms with Crippen molar-refractivity contribution in [3.63, 3.8) is 0 Å². The Bertz CT molecular complexity index is 1100. The van der Waals surface area contributed by atoms with Gasteiger partial charge in [0.2, 0.25) is 5.91 Å². The van der Waals surface area contributed by atoms with Crippen LogP contribution < -0.4 is 19.9 Å². The Morgan fingerprint density at radius 3 is 2.53 bits per heavy atom. The zero-order valence-corrected chi connectivity index (χ0v) is 18.6. The van der Waals surface area contributed by atoms with Crippen molar-refractivity contribution >= 4 is 23.0 Å². The monoisotopic (exact) mass is 427 g/mol. The molecule has 32 heavy (non-hydrogen) atoms. The minimum Gasteiger partial charge on any atom is -0.497 e. The number of ether oxygens (including phenoxy) is 1. The molecule has 1 fully saturated rings. The van der Waals surface area contributed by atoms with Crippen molar-refractivity contribution in [2.24, 2.45) is 5.92 Å². The molecule has 0 spiro atoms. The summed E-state index contributed by atoms with van der Waals surface area (Å²) in [4.78, 5) is 18.3. The maximum absolute atomic E-state index is 13.5. The first-order valence-electron chi connectivity index (χ1n) is 11.2. The van der Waals surface area contributed by atoms with E-state index in [2.05, 4.69) is 58.4 Å². The third-order valence-electron chi connectivity index (χ3n) is 6.70. The largest absolute Gasteiger partial charge is 0.497 e. The lowest BCUT2D eigenvalue weighted by molar-refractivity contribution is -0.120. The van der Waals surface area contributed by atoms with E-state index < -0.39 is 0 Å². The molecule has 5 nitrogen and oxygen atoms in total. The Morgan fingerprint density at radius 1 is 1.00 bits per heavy atom. The first kappa shape index (κ1) is 20.4. The van der Waals surface area contributed by atoms with E-state index in [1.54, 1.807) is 7.11 Å². The third kappa shape index (κ3) is 3.91. The van der Waals surface area contributed by atoms with Crippen molar-refractivity contribution in [2.75, 3.05) is 41.9 Å². The second-order valence-electron chi connectivity index (χ2n) is 8.70. The van der Waals surface area contributed by atoms with Crippen LogP contribution in [0.3, 0.4) is 0 Å². The summed E-state index contributed by atoms with van der Waals surface area (Å²) < 4.78 is 5.50. The molecule has 5 rings (SSSR count). The first-order chi connectivity index (χ1) is 15.6. The molecular formula is C27H29N3O2. The summed E-state index contributed by atoms with van der Waals surface area (Å²) in [5.74, 6) is 0.804. The molecule has 2 atom stereocenters. The van der Waals surface area contributed by atoms with Crippen molar-refractivity contribution < 1.29 is 9.53 Å². The number of hydrogen-bond donors (Lipinski definition) is 1. The van der Waals surface area contributed by atoms with Crippen LogP contribution in [-0.2, 0) is 11.2 Å². The maximum Gasteiger partial charge on any atom is 0.229 e. The van der Waals surface area contributed by atoms with Gasteiger partial charge in [-0.25, -0.2) is 0 Å². The minimum atomic E-state index is -0.135. The van der Waals surface area contributed by atoms with Gasteiger partial charge in [-0.05, 0) is 49.2 Å². The molecule has 164 valence electrons. The van der Waals surface area contributed by atoms with Gasteiger partial charge in [0.15, 0.2) is 0 Å². The maximum atomic E-state index is 13.5. The Hall–Kier alpha value is -3.47. The van der Waals surface area contributed by atoms with E-state index >= 15 is 0 Å². The molecular weight excluding hydrogens is 398 g/mol. The number of amides is 1. The van der Waals surface area contributed by atoms with E-state index in [1.807, 2.05) is 36.4 Å². The smallest absolute Gasteiger partial charge is 0.229 e. The minimum absolute atomic E-state index is 0.0819. The molecule has 2 aliphatic heterocycles. The summed E-state index contributed by atoms with van der Waals surface area (Å²) in [5.41, 5.74) is 5.72. The van der Waals surface area contributed by atoms with Gasteiger partial charge in [-0.1, -0.05) is 42.0 Å². The Morgan fingerprint density at radius 2 is 1.78 bits per heavy atom. The molecule has 0 aliphatic carbocycles. The van der Waals surface area contributed by atoms with Gasteiger partial charge >= 0.3 is 0 Å². The van der Waals surface area contributed by atoms with E-state index in [9.17, 15) is 4.79 Å². The van der Waals surface area contributed by atoms with Crippen LogP contribution in [0.15, 0.2) is 72.8 Å². The standard InChI is InChI=1S/C27H29N3O2/c1-19-8-11-22(12-9-19)29-14-15-30-25-17-23(32-2)13-10-20(25)16-24(26(30)18-29)27(31)28-21-6-4-3-5-7-21/h3-13,17,24,26H,14-16,18H2,1-2H3,(H,28,31)/t24-,26-/m1/s1. The van der Waals surface area contributed by atoms with E-state index in [0.29, 0.717) is 0 Å². The highest BCUT2D eigenvalue weighted by atomic mass is 16.5. The van der Waals surface area contributed by atoms with Crippen LogP contribution in [0, 0.1) is 12.8 Å². The van der Waals surface area contributed by atoms with Crippen LogP contribution >= 0.6 is 0 Å². The number of nitrogens with zero attached hydrogens (tertiary/aromatic N) is 2. The van der Waals surface area contributed by atoms with Crippen LogP contribution in [0.1, 0.15) is 11.1 Å². The molecule has 0 bridgehead atoms. The molecule has 1 amide bonds. The normalized spacial score (nSPS) is 19.7. The number of fused-ring (bicyclic) bond motifs is 3. The SMILES string of the molecule is COc1ccc2c(c1)N1CCN(c3ccc(C)cc3)C[C@@H]1[C@H](C(=O)Nc1ccccc1)C2. The van der Waals surface area contributed by atoms with E-state index in [0.717, 1.165) is 37.5 Å². The molecule has 0 aromatic heterocycles. The number of hydrogen-bond acceptors (Lipinski definition) is 4. The molecule has 1 N–H and O–H groups in total. The van der Waals surface area contributed by atoms with Crippen LogP contribution in [0.2, 0.25) is 0 Å². The predicted molar refractivity (Wildman–Crippen MR) is 130 cm³/mol. The van der Waals surface area contributed by atoms with Crippen LogP contribution in [0.5, 0.6) is 5.75 Å². The van der Waals surface area contributed by atoms with Crippen molar-refractivity contribution in [1.82, 2.24) is 0 Å². The lowest BCUT2D eigenvalue weighted by atomic mass is 9.83. The van der Waals surface area contributed by atoms with Crippen LogP contribution in [0.25, 0.3) is 0 Å². The average molecular weight is 428 g/mol.